The van der Waals surface area contributed by atoms with Crippen LogP contribution < -0.4 is 5.73 Å². The molecule has 0 aliphatic rings. The predicted octanol–water partition coefficient (Wildman–Crippen LogP) is 1.20. The Morgan fingerprint density at radius 2 is 2.27 bits per heavy atom. The monoisotopic (exact) mass is 174 g/mol. The van der Waals surface area contributed by atoms with Gasteiger partial charge >= 0.3 is 0 Å². The number of rotatable bonds is 2. The van der Waals surface area contributed by atoms with Crippen LogP contribution in [-0.4, -0.2) is 4.55 Å². The molecular weight excluding hydrogens is 165 g/mol. The molecule has 0 aliphatic carbocycles. The lowest BCUT2D eigenvalue weighted by Crippen LogP contribution is -1.93. The first kappa shape index (κ1) is 8.36. The number of thiol groups is 1. The van der Waals surface area contributed by atoms with Gasteiger partial charge in [0.25, 0.3) is 0 Å². The Hall–Kier alpha value is -0.740. The van der Waals surface area contributed by atoms with Gasteiger partial charge in [0.05, 0.1) is 5.69 Å². The minimum absolute atomic E-state index is 0.142. The Bertz CT molecular complexity index is 254. The lowest BCUT2D eigenvalue weighted by Gasteiger charge is -1.96. The van der Waals surface area contributed by atoms with Gasteiger partial charge in [-0.2, -0.15) is 4.55 Å². The fourth-order valence-corrected chi connectivity index (χ4v) is 1.11. The van der Waals surface area contributed by atoms with Gasteiger partial charge in [0.1, 0.15) is 17.9 Å². The van der Waals surface area contributed by atoms with E-state index in [2.05, 4.69) is 0 Å². The van der Waals surface area contributed by atoms with Gasteiger partial charge in [-0.1, -0.05) is 6.07 Å². The Labute approximate surface area is 68.4 Å². The Kier molecular flexibility index (Phi) is 2.73. The van der Waals surface area contributed by atoms with Crippen LogP contribution >= 0.6 is 0 Å². The molecule has 0 atom stereocenters. The number of nitrogens with two attached hydrogens (primary N) is 1. The smallest absolute Gasteiger partial charge is 0.163 e. The molecule has 0 radical (unpaired) electrons. The van der Waals surface area contributed by atoms with Crippen LogP contribution in [0.15, 0.2) is 18.2 Å². The summed E-state index contributed by atoms with van der Waals surface area (Å²) in [7, 11) is 0. The van der Waals surface area contributed by atoms with Gasteiger partial charge < -0.3 is 5.73 Å². The first-order valence-electron chi connectivity index (χ1n) is 3.09. The van der Waals surface area contributed by atoms with Gasteiger partial charge in [-0.15, -0.1) is 0 Å². The van der Waals surface area contributed by atoms with Crippen molar-refractivity contribution in [1.29, 1.82) is 0 Å². The molecule has 2 nitrogen and oxygen atoms in total. The molecule has 0 bridgehead atoms. The second-order valence-electron chi connectivity index (χ2n) is 2.16. The number of anilines is 1. The first-order valence-corrected chi connectivity index (χ1v) is 4.12. The molecule has 3 N–H and O–H groups in total. The quantitative estimate of drug-likeness (QED) is 0.402. The second-order valence-corrected chi connectivity index (χ2v) is 2.75. The molecule has 0 aliphatic heterocycles. The van der Waals surface area contributed by atoms with Crippen molar-refractivity contribution in [2.75, 3.05) is 5.73 Å². The van der Waals surface area contributed by atoms with Crippen LogP contribution in [-0.2, 0) is 17.8 Å². The molecule has 0 aromatic heterocycles. The highest BCUT2D eigenvalue weighted by molar-refractivity contribution is 7.71. The van der Waals surface area contributed by atoms with Crippen molar-refractivity contribution in [3.8, 4) is 0 Å². The van der Waals surface area contributed by atoms with Crippen LogP contribution in [0.1, 0.15) is 5.56 Å². The van der Waals surface area contributed by atoms with Crippen LogP contribution in [0.4, 0.5) is 10.1 Å². The van der Waals surface area contributed by atoms with Gasteiger partial charge in [-0.05, 0) is 12.1 Å². The molecule has 0 spiro atoms. The molecule has 1 rings (SSSR count). The molecule has 0 fully saturated rings. The Morgan fingerprint density at radius 1 is 1.55 bits per heavy atom. The molecule has 60 valence electrons. The highest BCUT2D eigenvalue weighted by Gasteiger charge is 2.01. The molecule has 0 amide bonds. The summed E-state index contributed by atoms with van der Waals surface area (Å²) in [5.41, 5.74) is 6.14. The summed E-state index contributed by atoms with van der Waals surface area (Å²) in [5, 5.41) is 0. The number of hydrogen-bond acceptors (Lipinski definition) is 2. The summed E-state index contributed by atoms with van der Waals surface area (Å²) >= 11 is 0.241. The first-order chi connectivity index (χ1) is 5.24. The highest BCUT2D eigenvalue weighted by atomic mass is 32.2. The number of nitrogen functional groups attached to an aromatic ring is 1. The fraction of sp³-hybridized carbons (Fsp3) is 0.143. The summed E-state index contributed by atoms with van der Waals surface area (Å²) in [6.07, 6.45) is 0. The summed E-state index contributed by atoms with van der Waals surface area (Å²) in [6.45, 7) is 0. The Balaban J connectivity index is 2.86. The van der Waals surface area contributed by atoms with Crippen molar-refractivity contribution >= 4 is 17.7 Å². The SMILES string of the molecule is Nc1ccc(C[SH+]O)cc1F. The summed E-state index contributed by atoms with van der Waals surface area (Å²) in [4.78, 5) is 0. The lowest BCUT2D eigenvalue weighted by molar-refractivity contribution is 0.630. The van der Waals surface area contributed by atoms with E-state index in [9.17, 15) is 4.39 Å². The van der Waals surface area contributed by atoms with Gasteiger partial charge in [0, 0.05) is 5.56 Å². The zero-order chi connectivity index (χ0) is 8.27. The summed E-state index contributed by atoms with van der Waals surface area (Å²) in [5.74, 6) is 0.0168. The van der Waals surface area contributed by atoms with E-state index in [0.29, 0.717) is 5.75 Å². The van der Waals surface area contributed by atoms with E-state index in [1.165, 1.54) is 12.1 Å². The average molecular weight is 174 g/mol. The molecule has 0 saturated heterocycles. The van der Waals surface area contributed by atoms with E-state index >= 15 is 0 Å². The maximum Gasteiger partial charge on any atom is 0.163 e. The molecular formula is C7H9FNOS+. The van der Waals surface area contributed by atoms with Gasteiger partial charge in [-0.25, -0.2) is 4.39 Å². The Morgan fingerprint density at radius 3 is 2.82 bits per heavy atom. The van der Waals surface area contributed by atoms with Gasteiger partial charge in [-0.3, -0.25) is 0 Å². The lowest BCUT2D eigenvalue weighted by atomic mass is 10.2. The molecule has 4 heteroatoms. The van der Waals surface area contributed by atoms with Crippen molar-refractivity contribution in [1.82, 2.24) is 0 Å². The normalized spacial score (nSPS) is 10.0. The van der Waals surface area contributed by atoms with Crippen molar-refractivity contribution < 1.29 is 8.94 Å². The van der Waals surface area contributed by atoms with Crippen LogP contribution in [0.5, 0.6) is 0 Å². The van der Waals surface area contributed by atoms with Crippen LogP contribution in [0.25, 0.3) is 0 Å². The summed E-state index contributed by atoms with van der Waals surface area (Å²) in [6, 6.07) is 4.52. The van der Waals surface area contributed by atoms with Crippen LogP contribution in [0, 0.1) is 5.82 Å². The predicted molar refractivity (Wildman–Crippen MR) is 45.9 cm³/mol. The summed E-state index contributed by atoms with van der Waals surface area (Å²) < 4.78 is 21.2. The molecule has 0 unspecified atom stereocenters. The number of halogens is 1. The number of hydrogen-bond donors (Lipinski definition) is 2. The van der Waals surface area contributed by atoms with E-state index in [1.54, 1.807) is 6.07 Å². The fourth-order valence-electron chi connectivity index (χ4n) is 0.751. The average Bonchev–Trinajstić information content (AvgIpc) is 1.98. The molecule has 0 heterocycles. The maximum absolute atomic E-state index is 12.7. The van der Waals surface area contributed by atoms with Crippen LogP contribution in [0.3, 0.4) is 0 Å². The van der Waals surface area contributed by atoms with E-state index < -0.39 is 5.82 Å². The van der Waals surface area contributed by atoms with Crippen molar-refractivity contribution in [2.24, 2.45) is 0 Å². The molecule has 1 aromatic rings. The van der Waals surface area contributed by atoms with E-state index in [-0.39, 0.29) is 17.7 Å². The topological polar surface area (TPSA) is 46.2 Å². The van der Waals surface area contributed by atoms with Crippen molar-refractivity contribution in [3.63, 3.8) is 0 Å². The third-order valence-corrected chi connectivity index (χ3v) is 1.82. The molecule has 11 heavy (non-hydrogen) atoms. The largest absolute Gasteiger partial charge is 0.396 e. The van der Waals surface area contributed by atoms with Crippen molar-refractivity contribution in [3.05, 3.63) is 29.6 Å². The minimum atomic E-state index is -0.425. The maximum atomic E-state index is 12.7. The highest BCUT2D eigenvalue weighted by Crippen LogP contribution is 2.12. The number of benzene rings is 1. The van der Waals surface area contributed by atoms with Crippen molar-refractivity contribution in [2.45, 2.75) is 5.75 Å². The standard InChI is InChI=1S/C7H8FNOS/c8-6-3-5(4-11-10)1-2-7(6)9/h1-3,10H,4,9H2/p+1. The third-order valence-electron chi connectivity index (χ3n) is 1.32. The third kappa shape index (κ3) is 2.10. The zero-order valence-electron chi connectivity index (χ0n) is 5.79. The van der Waals surface area contributed by atoms with Gasteiger partial charge in [0.15, 0.2) is 5.75 Å². The van der Waals surface area contributed by atoms with E-state index in [0.717, 1.165) is 5.56 Å². The van der Waals surface area contributed by atoms with E-state index in [1.807, 2.05) is 0 Å². The zero-order valence-corrected chi connectivity index (χ0v) is 6.68. The van der Waals surface area contributed by atoms with E-state index in [4.69, 9.17) is 10.3 Å². The second kappa shape index (κ2) is 3.59. The van der Waals surface area contributed by atoms with Gasteiger partial charge in [0.2, 0.25) is 0 Å². The minimum Gasteiger partial charge on any atom is -0.396 e. The molecule has 0 saturated carbocycles. The molecule has 1 aromatic carbocycles. The van der Waals surface area contributed by atoms with Crippen LogP contribution in [0.2, 0.25) is 0 Å².